The summed E-state index contributed by atoms with van der Waals surface area (Å²) in [5, 5.41) is 0. The maximum atomic E-state index is 3.80. The van der Waals surface area contributed by atoms with E-state index in [1.807, 2.05) is 0 Å². The van der Waals surface area contributed by atoms with Crippen molar-refractivity contribution in [3.8, 4) is 0 Å². The first-order chi connectivity index (χ1) is 6.74. The molecule has 14 heavy (non-hydrogen) atoms. The van der Waals surface area contributed by atoms with Crippen molar-refractivity contribution in [3.05, 3.63) is 0 Å². The summed E-state index contributed by atoms with van der Waals surface area (Å²) in [6, 6.07) is 0. The monoisotopic (exact) mass is 262 g/mol. The molecule has 0 heterocycles. The Hall–Kier alpha value is 0.480. The van der Waals surface area contributed by atoms with Gasteiger partial charge >= 0.3 is 0 Å². The molecule has 0 nitrogen and oxygen atoms in total. The number of hydrogen-bond donors (Lipinski definition) is 0. The molecule has 0 amide bonds. The number of alkyl halides is 1. The van der Waals surface area contributed by atoms with Crippen LogP contribution < -0.4 is 0 Å². The van der Waals surface area contributed by atoms with E-state index in [0.29, 0.717) is 0 Å². The van der Waals surface area contributed by atoms with E-state index in [9.17, 15) is 0 Å². The highest BCUT2D eigenvalue weighted by atomic mass is 79.9. The molecular weight excluding hydrogens is 236 g/mol. The van der Waals surface area contributed by atoms with E-state index in [1.165, 1.54) is 51.4 Å². The van der Waals surface area contributed by atoms with Gasteiger partial charge in [-0.25, -0.2) is 0 Å². The largest absolute Gasteiger partial charge is 0.0891 e. The van der Waals surface area contributed by atoms with Gasteiger partial charge in [0.25, 0.3) is 0 Å². The summed E-state index contributed by atoms with van der Waals surface area (Å²) in [5.41, 5.74) is 0. The summed E-state index contributed by atoms with van der Waals surface area (Å²) in [7, 11) is 0. The highest BCUT2D eigenvalue weighted by Crippen LogP contribution is 2.25. The van der Waals surface area contributed by atoms with E-state index in [1.54, 1.807) is 0 Å². The molecule has 0 bridgehead atoms. The molecule has 86 valence electrons. The lowest BCUT2D eigenvalue weighted by Crippen LogP contribution is -2.08. The van der Waals surface area contributed by atoms with Crippen LogP contribution in [0.2, 0.25) is 0 Å². The zero-order valence-electron chi connectivity index (χ0n) is 10.2. The Balaban J connectivity index is 3.69. The van der Waals surface area contributed by atoms with Crippen LogP contribution in [0.3, 0.4) is 0 Å². The van der Waals surface area contributed by atoms with Gasteiger partial charge in [0.15, 0.2) is 0 Å². The predicted molar refractivity (Wildman–Crippen MR) is 70.2 cm³/mol. The summed E-state index contributed by atoms with van der Waals surface area (Å²) >= 11 is 3.80. The molecule has 0 rings (SSSR count). The molecule has 0 radical (unpaired) electrons. The number of halogens is 1. The molecule has 0 aromatic carbocycles. The summed E-state index contributed by atoms with van der Waals surface area (Å²) < 4.78 is 0. The highest BCUT2D eigenvalue weighted by Gasteiger charge is 2.12. The van der Waals surface area contributed by atoms with Gasteiger partial charge in [0.1, 0.15) is 0 Å². The molecule has 0 aliphatic heterocycles. The molecule has 2 unspecified atom stereocenters. The van der Waals surface area contributed by atoms with Crippen LogP contribution >= 0.6 is 15.9 Å². The maximum Gasteiger partial charge on any atom is 0.0148 e. The minimum Gasteiger partial charge on any atom is -0.0891 e. The fraction of sp³-hybridized carbons (Fsp3) is 1.00. The van der Waals surface area contributed by atoms with Crippen molar-refractivity contribution in [2.75, 3.05) is 0 Å². The SMILES string of the molecule is CCCCC(CCC)CC(Br)CCC. The van der Waals surface area contributed by atoms with Gasteiger partial charge in [0, 0.05) is 4.83 Å². The molecule has 0 fully saturated rings. The summed E-state index contributed by atoms with van der Waals surface area (Å²) in [6.45, 7) is 6.87. The Morgan fingerprint density at radius 2 is 1.50 bits per heavy atom. The van der Waals surface area contributed by atoms with Crippen LogP contribution in [0.15, 0.2) is 0 Å². The molecule has 0 aliphatic carbocycles. The predicted octanol–water partition coefficient (Wildman–Crippen LogP) is 5.55. The lowest BCUT2D eigenvalue weighted by Gasteiger charge is -2.19. The van der Waals surface area contributed by atoms with E-state index in [4.69, 9.17) is 0 Å². The van der Waals surface area contributed by atoms with Crippen LogP contribution in [0.4, 0.5) is 0 Å². The minimum atomic E-state index is 0.765. The highest BCUT2D eigenvalue weighted by molar-refractivity contribution is 9.09. The van der Waals surface area contributed by atoms with Crippen molar-refractivity contribution >= 4 is 15.9 Å². The second kappa shape index (κ2) is 10.0. The van der Waals surface area contributed by atoms with Crippen molar-refractivity contribution in [3.63, 3.8) is 0 Å². The van der Waals surface area contributed by atoms with Crippen molar-refractivity contribution in [2.45, 2.75) is 77.0 Å². The Bertz CT molecular complexity index is 112. The van der Waals surface area contributed by atoms with E-state index in [-0.39, 0.29) is 0 Å². The normalized spacial score (nSPS) is 15.4. The molecule has 0 aromatic heterocycles. The molecule has 0 saturated heterocycles. The van der Waals surface area contributed by atoms with E-state index in [0.717, 1.165) is 10.7 Å². The van der Waals surface area contributed by atoms with Crippen LogP contribution in [0, 0.1) is 5.92 Å². The molecule has 1 heteroatoms. The van der Waals surface area contributed by atoms with Crippen LogP contribution in [-0.4, -0.2) is 4.83 Å². The third-order valence-electron chi connectivity index (χ3n) is 2.85. The van der Waals surface area contributed by atoms with Crippen molar-refractivity contribution in [2.24, 2.45) is 5.92 Å². The smallest absolute Gasteiger partial charge is 0.0148 e. The Morgan fingerprint density at radius 1 is 0.857 bits per heavy atom. The average molecular weight is 263 g/mol. The van der Waals surface area contributed by atoms with Gasteiger partial charge in [0.2, 0.25) is 0 Å². The van der Waals surface area contributed by atoms with Gasteiger partial charge in [-0.3, -0.25) is 0 Å². The molecule has 2 atom stereocenters. The molecular formula is C13H27Br. The van der Waals surface area contributed by atoms with Gasteiger partial charge in [-0.05, 0) is 18.8 Å². The zero-order valence-corrected chi connectivity index (χ0v) is 11.8. The third kappa shape index (κ3) is 7.84. The quantitative estimate of drug-likeness (QED) is 0.479. The van der Waals surface area contributed by atoms with E-state index < -0.39 is 0 Å². The fourth-order valence-electron chi connectivity index (χ4n) is 2.07. The van der Waals surface area contributed by atoms with Crippen molar-refractivity contribution < 1.29 is 0 Å². The van der Waals surface area contributed by atoms with Gasteiger partial charge in [-0.2, -0.15) is 0 Å². The van der Waals surface area contributed by atoms with Crippen LogP contribution in [0.25, 0.3) is 0 Å². The lowest BCUT2D eigenvalue weighted by atomic mass is 9.91. The molecule has 0 aliphatic rings. The van der Waals surface area contributed by atoms with Crippen LogP contribution in [0.5, 0.6) is 0 Å². The third-order valence-corrected chi connectivity index (χ3v) is 3.69. The van der Waals surface area contributed by atoms with Crippen LogP contribution in [0.1, 0.15) is 72.1 Å². The summed E-state index contributed by atoms with van der Waals surface area (Å²) in [6.07, 6.45) is 11.0. The topological polar surface area (TPSA) is 0 Å². The van der Waals surface area contributed by atoms with Gasteiger partial charge in [0.05, 0.1) is 0 Å². The maximum absolute atomic E-state index is 3.80. The average Bonchev–Trinajstić information content (AvgIpc) is 2.15. The molecule has 0 spiro atoms. The van der Waals surface area contributed by atoms with Gasteiger partial charge in [-0.15, -0.1) is 0 Å². The van der Waals surface area contributed by atoms with Crippen molar-refractivity contribution in [1.29, 1.82) is 0 Å². The Morgan fingerprint density at radius 3 is 2.00 bits per heavy atom. The lowest BCUT2D eigenvalue weighted by molar-refractivity contribution is 0.393. The van der Waals surface area contributed by atoms with E-state index >= 15 is 0 Å². The van der Waals surface area contributed by atoms with E-state index in [2.05, 4.69) is 36.7 Å². The Labute approximate surface area is 99.0 Å². The standard InChI is InChI=1S/C13H27Br/c1-4-7-10-12(8-5-2)11-13(14)9-6-3/h12-13H,4-11H2,1-3H3. The molecule has 0 N–H and O–H groups in total. The Kier molecular flexibility index (Phi) is 10.4. The zero-order chi connectivity index (χ0) is 10.8. The molecule has 0 saturated carbocycles. The number of rotatable bonds is 9. The second-order valence-corrected chi connectivity index (χ2v) is 5.71. The molecule has 0 aromatic rings. The number of hydrogen-bond acceptors (Lipinski definition) is 0. The summed E-state index contributed by atoms with van der Waals surface area (Å²) in [4.78, 5) is 0.765. The first kappa shape index (κ1) is 14.5. The summed E-state index contributed by atoms with van der Waals surface area (Å²) in [5.74, 6) is 0.968. The van der Waals surface area contributed by atoms with Gasteiger partial charge in [-0.1, -0.05) is 75.2 Å². The fourth-order valence-corrected chi connectivity index (χ4v) is 3.06. The first-order valence-electron chi connectivity index (χ1n) is 6.38. The number of unbranched alkanes of at least 4 members (excludes halogenated alkanes) is 1. The second-order valence-electron chi connectivity index (χ2n) is 4.42. The van der Waals surface area contributed by atoms with Crippen LogP contribution in [-0.2, 0) is 0 Å². The van der Waals surface area contributed by atoms with Gasteiger partial charge < -0.3 is 0 Å². The minimum absolute atomic E-state index is 0.765. The first-order valence-corrected chi connectivity index (χ1v) is 7.30. The van der Waals surface area contributed by atoms with Crippen molar-refractivity contribution in [1.82, 2.24) is 0 Å².